The molecule has 0 aliphatic heterocycles. The van der Waals surface area contributed by atoms with Crippen molar-refractivity contribution in [1.29, 1.82) is 0 Å². The van der Waals surface area contributed by atoms with Gasteiger partial charge in [0.15, 0.2) is 0 Å². The molecule has 2 aliphatic rings. The van der Waals surface area contributed by atoms with Crippen molar-refractivity contribution in [2.75, 3.05) is 6.54 Å². The fraction of sp³-hybridized carbons (Fsp3) is 0.857. The third-order valence-electron chi connectivity index (χ3n) is 3.78. The smallest absolute Gasteiger partial charge is 0.00953 e. The summed E-state index contributed by atoms with van der Waals surface area (Å²) in [6.45, 7) is 3.52. The van der Waals surface area contributed by atoms with Crippen LogP contribution < -0.4 is 5.32 Å². The Bertz CT molecular complexity index is 215. The Morgan fingerprint density at radius 1 is 1.47 bits per heavy atom. The molecular weight excluding hydrogens is 182 g/mol. The molecule has 0 bridgehead atoms. The third-order valence-corrected chi connectivity index (χ3v) is 3.78. The molecule has 2 aliphatic carbocycles. The zero-order valence-corrected chi connectivity index (χ0v) is 10.1. The SMILES string of the molecule is CCCC(NCCC1=CCCC1)C1CC1. The van der Waals surface area contributed by atoms with Crippen LogP contribution in [0.2, 0.25) is 0 Å². The molecule has 1 fully saturated rings. The summed E-state index contributed by atoms with van der Waals surface area (Å²) in [7, 11) is 0. The Kier molecular flexibility index (Phi) is 4.25. The maximum atomic E-state index is 3.77. The van der Waals surface area contributed by atoms with E-state index >= 15 is 0 Å². The molecule has 2 rings (SSSR count). The molecule has 86 valence electrons. The Morgan fingerprint density at radius 3 is 2.93 bits per heavy atom. The summed E-state index contributed by atoms with van der Waals surface area (Å²) in [5.74, 6) is 1.02. The Hall–Kier alpha value is -0.300. The standard InChI is InChI=1S/C14H25N/c1-2-5-14(13-8-9-13)15-11-10-12-6-3-4-7-12/h6,13-15H,2-5,7-11H2,1H3. The quantitative estimate of drug-likeness (QED) is 0.628. The Labute approximate surface area is 94.3 Å². The van der Waals surface area contributed by atoms with Crippen LogP contribution in [-0.2, 0) is 0 Å². The first-order valence-electron chi connectivity index (χ1n) is 6.81. The monoisotopic (exact) mass is 207 g/mol. The number of hydrogen-bond acceptors (Lipinski definition) is 1. The molecule has 0 aromatic rings. The lowest BCUT2D eigenvalue weighted by atomic mass is 10.1. The first kappa shape index (κ1) is 11.2. The van der Waals surface area contributed by atoms with Crippen LogP contribution in [0.3, 0.4) is 0 Å². The molecule has 0 amide bonds. The Balaban J connectivity index is 1.62. The summed E-state index contributed by atoms with van der Waals surface area (Å²) in [6, 6.07) is 0.831. The predicted octanol–water partition coefficient (Wildman–Crippen LogP) is 3.66. The second-order valence-electron chi connectivity index (χ2n) is 5.19. The van der Waals surface area contributed by atoms with Crippen LogP contribution >= 0.6 is 0 Å². The van der Waals surface area contributed by atoms with Gasteiger partial charge in [-0.3, -0.25) is 0 Å². The van der Waals surface area contributed by atoms with Crippen LogP contribution in [0.4, 0.5) is 0 Å². The average Bonchev–Trinajstić information content (AvgIpc) is 2.96. The van der Waals surface area contributed by atoms with Crippen molar-refractivity contribution >= 4 is 0 Å². The minimum absolute atomic E-state index is 0.831. The van der Waals surface area contributed by atoms with Crippen LogP contribution in [0.25, 0.3) is 0 Å². The molecule has 1 heteroatoms. The van der Waals surface area contributed by atoms with Crippen LogP contribution in [-0.4, -0.2) is 12.6 Å². The van der Waals surface area contributed by atoms with Crippen molar-refractivity contribution in [3.05, 3.63) is 11.6 Å². The van der Waals surface area contributed by atoms with E-state index in [2.05, 4.69) is 18.3 Å². The molecule has 1 unspecified atom stereocenters. The molecule has 0 aromatic heterocycles. The first-order valence-corrected chi connectivity index (χ1v) is 6.81. The van der Waals surface area contributed by atoms with Gasteiger partial charge in [-0.05, 0) is 57.4 Å². The molecule has 1 nitrogen and oxygen atoms in total. The van der Waals surface area contributed by atoms with E-state index in [1.54, 1.807) is 5.57 Å². The summed E-state index contributed by atoms with van der Waals surface area (Å²) < 4.78 is 0. The minimum Gasteiger partial charge on any atom is -0.313 e. The van der Waals surface area contributed by atoms with Crippen molar-refractivity contribution < 1.29 is 0 Å². The van der Waals surface area contributed by atoms with Gasteiger partial charge in [-0.25, -0.2) is 0 Å². The summed E-state index contributed by atoms with van der Waals surface area (Å²) in [5.41, 5.74) is 1.70. The largest absolute Gasteiger partial charge is 0.313 e. The second kappa shape index (κ2) is 5.69. The van der Waals surface area contributed by atoms with E-state index in [1.165, 1.54) is 57.9 Å². The van der Waals surface area contributed by atoms with E-state index in [0.717, 1.165) is 12.0 Å². The highest BCUT2D eigenvalue weighted by Crippen LogP contribution is 2.34. The van der Waals surface area contributed by atoms with Crippen molar-refractivity contribution in [3.8, 4) is 0 Å². The molecule has 1 N–H and O–H groups in total. The van der Waals surface area contributed by atoms with Crippen LogP contribution in [0.15, 0.2) is 11.6 Å². The van der Waals surface area contributed by atoms with E-state index in [0.29, 0.717) is 0 Å². The van der Waals surface area contributed by atoms with Crippen molar-refractivity contribution in [2.24, 2.45) is 5.92 Å². The fourth-order valence-electron chi connectivity index (χ4n) is 2.70. The highest BCUT2D eigenvalue weighted by atomic mass is 14.9. The number of hydrogen-bond donors (Lipinski definition) is 1. The minimum atomic E-state index is 0.831. The summed E-state index contributed by atoms with van der Waals surface area (Å²) in [4.78, 5) is 0. The number of nitrogens with one attached hydrogen (secondary N) is 1. The van der Waals surface area contributed by atoms with E-state index in [9.17, 15) is 0 Å². The van der Waals surface area contributed by atoms with Gasteiger partial charge in [-0.2, -0.15) is 0 Å². The highest BCUT2D eigenvalue weighted by molar-refractivity contribution is 5.07. The molecular formula is C14H25N. The molecule has 0 heterocycles. The molecule has 1 atom stereocenters. The summed E-state index contributed by atoms with van der Waals surface area (Å²) in [5, 5.41) is 3.77. The normalized spacial score (nSPS) is 22.9. The summed E-state index contributed by atoms with van der Waals surface area (Å²) in [6.07, 6.45) is 13.5. The topological polar surface area (TPSA) is 12.0 Å². The Morgan fingerprint density at radius 2 is 2.33 bits per heavy atom. The van der Waals surface area contributed by atoms with Gasteiger partial charge >= 0.3 is 0 Å². The lowest BCUT2D eigenvalue weighted by Crippen LogP contribution is -2.31. The van der Waals surface area contributed by atoms with Gasteiger partial charge in [0.25, 0.3) is 0 Å². The third kappa shape index (κ3) is 3.64. The van der Waals surface area contributed by atoms with Crippen LogP contribution in [0.5, 0.6) is 0 Å². The van der Waals surface area contributed by atoms with Crippen molar-refractivity contribution in [1.82, 2.24) is 5.32 Å². The highest BCUT2D eigenvalue weighted by Gasteiger charge is 2.29. The van der Waals surface area contributed by atoms with Gasteiger partial charge in [0, 0.05) is 6.04 Å². The lowest BCUT2D eigenvalue weighted by molar-refractivity contribution is 0.433. The molecule has 0 aromatic carbocycles. The van der Waals surface area contributed by atoms with E-state index < -0.39 is 0 Å². The molecule has 0 spiro atoms. The van der Waals surface area contributed by atoms with Gasteiger partial charge in [-0.1, -0.05) is 25.0 Å². The summed E-state index contributed by atoms with van der Waals surface area (Å²) >= 11 is 0. The zero-order valence-electron chi connectivity index (χ0n) is 10.1. The number of allylic oxidation sites excluding steroid dienone is 1. The zero-order chi connectivity index (χ0) is 10.5. The maximum absolute atomic E-state index is 3.77. The van der Waals surface area contributed by atoms with Gasteiger partial charge < -0.3 is 5.32 Å². The van der Waals surface area contributed by atoms with Crippen molar-refractivity contribution in [2.45, 2.75) is 64.3 Å². The van der Waals surface area contributed by atoms with Gasteiger partial charge in [-0.15, -0.1) is 0 Å². The van der Waals surface area contributed by atoms with Crippen LogP contribution in [0.1, 0.15) is 58.3 Å². The molecule has 0 radical (unpaired) electrons. The number of rotatable bonds is 7. The molecule has 1 saturated carbocycles. The van der Waals surface area contributed by atoms with Gasteiger partial charge in [0.05, 0.1) is 0 Å². The average molecular weight is 207 g/mol. The van der Waals surface area contributed by atoms with E-state index in [4.69, 9.17) is 0 Å². The maximum Gasteiger partial charge on any atom is 0.00953 e. The van der Waals surface area contributed by atoms with Crippen LogP contribution in [0, 0.1) is 5.92 Å². The molecule has 0 saturated heterocycles. The van der Waals surface area contributed by atoms with Gasteiger partial charge in [0.2, 0.25) is 0 Å². The fourth-order valence-corrected chi connectivity index (χ4v) is 2.70. The van der Waals surface area contributed by atoms with Gasteiger partial charge in [0.1, 0.15) is 0 Å². The van der Waals surface area contributed by atoms with Crippen molar-refractivity contribution in [3.63, 3.8) is 0 Å². The second-order valence-corrected chi connectivity index (χ2v) is 5.19. The lowest BCUT2D eigenvalue weighted by Gasteiger charge is -2.17. The van der Waals surface area contributed by atoms with E-state index in [-0.39, 0.29) is 0 Å². The first-order chi connectivity index (χ1) is 7.40. The molecule has 15 heavy (non-hydrogen) atoms. The van der Waals surface area contributed by atoms with E-state index in [1.807, 2.05) is 0 Å². The predicted molar refractivity (Wildman–Crippen MR) is 66.0 cm³/mol.